The van der Waals surface area contributed by atoms with Gasteiger partial charge in [-0.1, -0.05) is 0 Å². The zero-order chi connectivity index (χ0) is 12.2. The van der Waals surface area contributed by atoms with Crippen molar-refractivity contribution in [2.24, 2.45) is 0 Å². The monoisotopic (exact) mass is 226 g/mol. The Labute approximate surface area is 92.6 Å². The summed E-state index contributed by atoms with van der Waals surface area (Å²) in [6.45, 7) is 1.03. The number of aliphatic hydroxyl groups excluding tert-OH is 1. The Balaban J connectivity index is 2.78. The standard InChI is InChI=1S/C10H14N2O4/c1-10(16,6-13)5-12-8-7(9(14)15)3-2-4-11-8/h2-4,13,16H,5-6H2,1H3,(H,11,12)(H,14,15). The van der Waals surface area contributed by atoms with Gasteiger partial charge < -0.3 is 20.6 Å². The number of pyridine rings is 1. The molecule has 0 aliphatic rings. The summed E-state index contributed by atoms with van der Waals surface area (Å²) in [7, 11) is 0. The Morgan fingerprint density at radius 2 is 2.31 bits per heavy atom. The molecule has 1 rings (SSSR count). The first-order valence-corrected chi connectivity index (χ1v) is 4.72. The van der Waals surface area contributed by atoms with E-state index in [2.05, 4.69) is 10.3 Å². The fourth-order valence-electron chi connectivity index (χ4n) is 1.05. The molecule has 1 aromatic rings. The molecule has 0 aliphatic heterocycles. The van der Waals surface area contributed by atoms with E-state index < -0.39 is 18.2 Å². The highest BCUT2D eigenvalue weighted by atomic mass is 16.4. The van der Waals surface area contributed by atoms with E-state index in [4.69, 9.17) is 10.2 Å². The lowest BCUT2D eigenvalue weighted by Gasteiger charge is -2.21. The number of carbonyl (C=O) groups is 1. The minimum absolute atomic E-state index is 0.0147. The summed E-state index contributed by atoms with van der Waals surface area (Å²) in [6.07, 6.45) is 1.45. The van der Waals surface area contributed by atoms with E-state index in [-0.39, 0.29) is 17.9 Å². The predicted molar refractivity (Wildman–Crippen MR) is 57.4 cm³/mol. The minimum Gasteiger partial charge on any atom is -0.478 e. The fourth-order valence-corrected chi connectivity index (χ4v) is 1.05. The highest BCUT2D eigenvalue weighted by Gasteiger charge is 2.20. The van der Waals surface area contributed by atoms with Crippen molar-refractivity contribution in [3.63, 3.8) is 0 Å². The van der Waals surface area contributed by atoms with E-state index in [0.29, 0.717) is 0 Å². The van der Waals surface area contributed by atoms with E-state index in [9.17, 15) is 9.90 Å². The maximum absolute atomic E-state index is 10.8. The van der Waals surface area contributed by atoms with Crippen molar-refractivity contribution in [2.45, 2.75) is 12.5 Å². The van der Waals surface area contributed by atoms with Crippen molar-refractivity contribution < 1.29 is 20.1 Å². The lowest BCUT2D eigenvalue weighted by Crippen LogP contribution is -2.37. The molecule has 0 spiro atoms. The summed E-state index contributed by atoms with van der Waals surface area (Å²) in [6, 6.07) is 2.92. The highest BCUT2D eigenvalue weighted by molar-refractivity contribution is 5.92. The quantitative estimate of drug-likeness (QED) is 0.560. The van der Waals surface area contributed by atoms with E-state index >= 15 is 0 Å². The molecular formula is C10H14N2O4. The van der Waals surface area contributed by atoms with Gasteiger partial charge in [0.05, 0.1) is 6.61 Å². The van der Waals surface area contributed by atoms with E-state index in [1.54, 1.807) is 0 Å². The van der Waals surface area contributed by atoms with Gasteiger partial charge in [0.1, 0.15) is 17.0 Å². The summed E-state index contributed by atoms with van der Waals surface area (Å²) < 4.78 is 0. The van der Waals surface area contributed by atoms with Gasteiger partial charge in [-0.05, 0) is 19.1 Å². The Morgan fingerprint density at radius 1 is 1.62 bits per heavy atom. The van der Waals surface area contributed by atoms with E-state index in [1.807, 2.05) is 0 Å². The van der Waals surface area contributed by atoms with Crippen LogP contribution in [0.15, 0.2) is 18.3 Å². The van der Waals surface area contributed by atoms with Gasteiger partial charge in [-0.2, -0.15) is 0 Å². The number of nitrogens with one attached hydrogen (secondary N) is 1. The first-order chi connectivity index (χ1) is 7.46. The molecule has 6 heteroatoms. The van der Waals surface area contributed by atoms with Crippen molar-refractivity contribution >= 4 is 11.8 Å². The number of nitrogens with zero attached hydrogens (tertiary/aromatic N) is 1. The van der Waals surface area contributed by atoms with Crippen molar-refractivity contribution in [1.29, 1.82) is 0 Å². The Kier molecular flexibility index (Phi) is 3.81. The minimum atomic E-state index is -1.31. The van der Waals surface area contributed by atoms with Gasteiger partial charge in [-0.3, -0.25) is 0 Å². The average molecular weight is 226 g/mol. The molecule has 1 aromatic heterocycles. The average Bonchev–Trinajstić information content (AvgIpc) is 2.27. The topological polar surface area (TPSA) is 103 Å². The van der Waals surface area contributed by atoms with E-state index in [0.717, 1.165) is 0 Å². The number of anilines is 1. The summed E-state index contributed by atoms with van der Waals surface area (Å²) in [5.74, 6) is -0.928. The van der Waals surface area contributed by atoms with Gasteiger partial charge in [0, 0.05) is 12.7 Å². The van der Waals surface area contributed by atoms with Crippen LogP contribution in [0.4, 0.5) is 5.82 Å². The molecule has 0 amide bonds. The Morgan fingerprint density at radius 3 is 2.88 bits per heavy atom. The molecule has 16 heavy (non-hydrogen) atoms. The maximum atomic E-state index is 10.8. The number of aliphatic hydroxyl groups is 2. The van der Waals surface area contributed by atoms with Crippen LogP contribution in [0.1, 0.15) is 17.3 Å². The van der Waals surface area contributed by atoms with Crippen LogP contribution in [0.5, 0.6) is 0 Å². The predicted octanol–water partition coefficient (Wildman–Crippen LogP) is -0.0650. The summed E-state index contributed by atoms with van der Waals surface area (Å²) in [5.41, 5.74) is -1.29. The van der Waals surface area contributed by atoms with Gasteiger partial charge in [-0.25, -0.2) is 9.78 Å². The van der Waals surface area contributed by atoms with Gasteiger partial charge in [0.2, 0.25) is 0 Å². The molecule has 0 aliphatic carbocycles. The zero-order valence-electron chi connectivity index (χ0n) is 8.84. The van der Waals surface area contributed by atoms with Crippen LogP contribution in [-0.4, -0.2) is 45.0 Å². The number of hydrogen-bond acceptors (Lipinski definition) is 5. The summed E-state index contributed by atoms with van der Waals surface area (Å²) in [5, 5.41) is 29.9. The summed E-state index contributed by atoms with van der Waals surface area (Å²) in [4.78, 5) is 14.7. The van der Waals surface area contributed by atoms with Gasteiger partial charge >= 0.3 is 5.97 Å². The molecule has 1 unspecified atom stereocenters. The number of aromatic nitrogens is 1. The first-order valence-electron chi connectivity index (χ1n) is 4.72. The number of rotatable bonds is 5. The lowest BCUT2D eigenvalue weighted by atomic mass is 10.1. The molecule has 1 atom stereocenters. The summed E-state index contributed by atoms with van der Waals surface area (Å²) >= 11 is 0. The molecule has 4 N–H and O–H groups in total. The smallest absolute Gasteiger partial charge is 0.339 e. The largest absolute Gasteiger partial charge is 0.478 e. The third-order valence-corrected chi connectivity index (χ3v) is 2.02. The lowest BCUT2D eigenvalue weighted by molar-refractivity contribution is 0.0131. The van der Waals surface area contributed by atoms with Crippen LogP contribution in [0.2, 0.25) is 0 Å². The molecule has 0 radical (unpaired) electrons. The molecule has 0 saturated carbocycles. The maximum Gasteiger partial charge on any atom is 0.339 e. The van der Waals surface area contributed by atoms with Crippen LogP contribution in [0.3, 0.4) is 0 Å². The fraction of sp³-hybridized carbons (Fsp3) is 0.400. The van der Waals surface area contributed by atoms with Crippen molar-refractivity contribution in [3.05, 3.63) is 23.9 Å². The highest BCUT2D eigenvalue weighted by Crippen LogP contribution is 2.12. The Hall–Kier alpha value is -1.66. The molecule has 1 heterocycles. The Bertz CT molecular complexity index is 379. The second-order valence-electron chi connectivity index (χ2n) is 3.71. The SMILES string of the molecule is CC(O)(CO)CNc1ncccc1C(=O)O. The van der Waals surface area contributed by atoms with E-state index in [1.165, 1.54) is 25.3 Å². The van der Waals surface area contributed by atoms with Crippen LogP contribution in [0, 0.1) is 0 Å². The number of carboxylic acid groups (broad SMARTS) is 1. The van der Waals surface area contributed by atoms with Crippen LogP contribution in [0.25, 0.3) is 0 Å². The molecular weight excluding hydrogens is 212 g/mol. The molecule has 0 saturated heterocycles. The first kappa shape index (κ1) is 12.4. The van der Waals surface area contributed by atoms with Crippen molar-refractivity contribution in [2.75, 3.05) is 18.5 Å². The van der Waals surface area contributed by atoms with Crippen molar-refractivity contribution in [3.8, 4) is 0 Å². The van der Waals surface area contributed by atoms with Crippen LogP contribution < -0.4 is 5.32 Å². The number of carboxylic acids is 1. The molecule has 88 valence electrons. The second kappa shape index (κ2) is 4.91. The molecule has 0 fully saturated rings. The van der Waals surface area contributed by atoms with Gasteiger partial charge in [0.15, 0.2) is 0 Å². The molecule has 0 aromatic carbocycles. The van der Waals surface area contributed by atoms with Crippen LogP contribution >= 0.6 is 0 Å². The third-order valence-electron chi connectivity index (χ3n) is 2.02. The third kappa shape index (κ3) is 3.18. The second-order valence-corrected chi connectivity index (χ2v) is 3.71. The normalized spacial score (nSPS) is 14.2. The van der Waals surface area contributed by atoms with Crippen molar-refractivity contribution in [1.82, 2.24) is 4.98 Å². The number of aromatic carboxylic acids is 1. The molecule has 6 nitrogen and oxygen atoms in total. The number of hydrogen-bond donors (Lipinski definition) is 4. The zero-order valence-corrected chi connectivity index (χ0v) is 8.84. The van der Waals surface area contributed by atoms with Gasteiger partial charge in [-0.15, -0.1) is 0 Å². The van der Waals surface area contributed by atoms with Gasteiger partial charge in [0.25, 0.3) is 0 Å². The van der Waals surface area contributed by atoms with Crippen LogP contribution in [-0.2, 0) is 0 Å². The molecule has 0 bridgehead atoms.